The molecule has 7 nitrogen and oxygen atoms in total. The van der Waals surface area contributed by atoms with Crippen molar-refractivity contribution >= 4 is 10.1 Å². The Kier molecular flexibility index (Phi) is 4.92. The molecule has 0 saturated carbocycles. The molecule has 1 aromatic rings. The van der Waals surface area contributed by atoms with E-state index >= 15 is 0 Å². The molecule has 0 unspecified atom stereocenters. The average molecular weight is 395 g/mol. The zero-order valence-corrected chi connectivity index (χ0v) is 16.5. The number of piperidine rings is 1. The summed E-state index contributed by atoms with van der Waals surface area (Å²) in [6, 6.07) is 6.35. The summed E-state index contributed by atoms with van der Waals surface area (Å²) in [4.78, 5) is 7.67. The number of ether oxygens (including phenoxy) is 2. The minimum Gasteiger partial charge on any atom is -0.493 e. The van der Waals surface area contributed by atoms with E-state index in [9.17, 15) is 8.42 Å². The fourth-order valence-corrected chi connectivity index (χ4v) is 4.75. The third-order valence-corrected chi connectivity index (χ3v) is 6.12. The van der Waals surface area contributed by atoms with Crippen molar-refractivity contribution in [2.24, 2.45) is 11.8 Å². The molecule has 1 aliphatic carbocycles. The van der Waals surface area contributed by atoms with E-state index < -0.39 is 16.2 Å². The quantitative estimate of drug-likeness (QED) is 0.437. The normalized spacial score (nSPS) is 32.8. The second-order valence-electron chi connectivity index (χ2n) is 7.57. The van der Waals surface area contributed by atoms with E-state index in [1.807, 2.05) is 18.2 Å². The zero-order valence-electron chi connectivity index (χ0n) is 15.7. The Morgan fingerprint density at radius 2 is 2.07 bits per heavy atom. The number of nitrogens with zero attached hydrogens (tertiary/aromatic N) is 1. The van der Waals surface area contributed by atoms with Gasteiger partial charge in [-0.25, -0.2) is 4.89 Å². The Balaban J connectivity index is 1.74. The van der Waals surface area contributed by atoms with Crippen LogP contribution in [0.25, 0.3) is 0 Å². The zero-order chi connectivity index (χ0) is 19.2. The topological polar surface area (TPSA) is 74.3 Å². The molecule has 27 heavy (non-hydrogen) atoms. The smallest absolute Gasteiger partial charge is 0.290 e. The van der Waals surface area contributed by atoms with Gasteiger partial charge < -0.3 is 14.4 Å². The maximum atomic E-state index is 11.4. The molecule has 5 atom stereocenters. The number of likely N-dealkylation sites (N-methyl/N-ethyl adjacent to an activating group) is 1. The summed E-state index contributed by atoms with van der Waals surface area (Å²) >= 11 is 0. The molecule has 4 rings (SSSR count). The van der Waals surface area contributed by atoms with Gasteiger partial charge in [-0.05, 0) is 50.0 Å². The lowest BCUT2D eigenvalue weighted by Gasteiger charge is -2.47. The highest BCUT2D eigenvalue weighted by Crippen LogP contribution is 2.43. The van der Waals surface area contributed by atoms with Crippen LogP contribution in [0.1, 0.15) is 12.0 Å². The Labute approximate surface area is 159 Å². The summed E-state index contributed by atoms with van der Waals surface area (Å²) < 4.78 is 39.2. The second-order valence-corrected chi connectivity index (χ2v) is 9.11. The molecule has 2 heterocycles. The first-order valence-electron chi connectivity index (χ1n) is 9.13. The molecule has 0 amide bonds. The predicted octanol–water partition coefficient (Wildman–Crippen LogP) is 1.78. The first kappa shape index (κ1) is 18.7. The van der Waals surface area contributed by atoms with Crippen LogP contribution >= 0.6 is 0 Å². The Hall–Kier alpha value is -1.61. The van der Waals surface area contributed by atoms with E-state index in [1.54, 1.807) is 7.11 Å². The van der Waals surface area contributed by atoms with Crippen molar-refractivity contribution in [2.75, 3.05) is 27.0 Å². The van der Waals surface area contributed by atoms with Crippen molar-refractivity contribution in [3.05, 3.63) is 35.9 Å². The molecule has 8 heteroatoms. The summed E-state index contributed by atoms with van der Waals surface area (Å²) in [6.45, 7) is 0.951. The maximum absolute atomic E-state index is 11.4. The van der Waals surface area contributed by atoms with Crippen LogP contribution in [0.15, 0.2) is 30.4 Å². The Bertz CT molecular complexity index is 839. The van der Waals surface area contributed by atoms with Gasteiger partial charge in [-0.15, -0.1) is 4.33 Å². The number of fused-ring (bicyclic) bond motifs is 2. The summed E-state index contributed by atoms with van der Waals surface area (Å²) in [6.07, 6.45) is 5.83. The number of rotatable bonds is 4. The SMILES string of the molecule is COc1ccc2cc1O[C@@H]1[C@H]3CCN(C)[C@H](C2)[C@@H]3C=C[C@@H]1OOS(C)(=O)=O. The predicted molar refractivity (Wildman–Crippen MR) is 99.1 cm³/mol. The largest absolute Gasteiger partial charge is 0.493 e. The van der Waals surface area contributed by atoms with Crippen LogP contribution < -0.4 is 9.47 Å². The van der Waals surface area contributed by atoms with Gasteiger partial charge in [0.25, 0.3) is 10.1 Å². The van der Waals surface area contributed by atoms with Crippen molar-refractivity contribution in [1.82, 2.24) is 4.90 Å². The van der Waals surface area contributed by atoms with Crippen molar-refractivity contribution in [3.63, 3.8) is 0 Å². The van der Waals surface area contributed by atoms with Gasteiger partial charge in [-0.2, -0.15) is 8.42 Å². The number of hydrogen-bond donors (Lipinski definition) is 0. The molecule has 1 aromatic carbocycles. The highest BCUT2D eigenvalue weighted by atomic mass is 32.2. The summed E-state index contributed by atoms with van der Waals surface area (Å²) in [5.41, 5.74) is 1.19. The number of benzene rings is 1. The van der Waals surface area contributed by atoms with E-state index in [-0.39, 0.29) is 12.0 Å². The van der Waals surface area contributed by atoms with Gasteiger partial charge in [0.05, 0.1) is 13.4 Å². The average Bonchev–Trinajstić information content (AvgIpc) is 2.63. The monoisotopic (exact) mass is 395 g/mol. The first-order chi connectivity index (χ1) is 12.9. The molecule has 6 bridgehead atoms. The van der Waals surface area contributed by atoms with Gasteiger partial charge in [0.1, 0.15) is 12.2 Å². The Morgan fingerprint density at radius 3 is 2.81 bits per heavy atom. The minimum atomic E-state index is -3.72. The second kappa shape index (κ2) is 7.09. The van der Waals surface area contributed by atoms with E-state index in [1.165, 1.54) is 5.56 Å². The lowest BCUT2D eigenvalue weighted by molar-refractivity contribution is -0.253. The lowest BCUT2D eigenvalue weighted by atomic mass is 9.71. The van der Waals surface area contributed by atoms with Crippen LogP contribution in [-0.2, 0) is 25.8 Å². The fraction of sp³-hybridized carbons (Fsp3) is 0.579. The molecule has 1 fully saturated rings. The van der Waals surface area contributed by atoms with E-state index in [0.29, 0.717) is 23.5 Å². The fourth-order valence-electron chi connectivity index (χ4n) is 4.51. The van der Waals surface area contributed by atoms with Crippen LogP contribution in [0.4, 0.5) is 0 Å². The minimum absolute atomic E-state index is 0.198. The van der Waals surface area contributed by atoms with Crippen molar-refractivity contribution in [1.29, 1.82) is 0 Å². The molecule has 2 aliphatic heterocycles. The van der Waals surface area contributed by atoms with Crippen LogP contribution in [0.2, 0.25) is 0 Å². The molecule has 3 aliphatic rings. The van der Waals surface area contributed by atoms with Crippen LogP contribution in [-0.4, -0.2) is 58.5 Å². The number of likely N-dealkylation sites (tertiary alicyclic amines) is 1. The van der Waals surface area contributed by atoms with Gasteiger partial charge in [0.2, 0.25) is 0 Å². The lowest BCUT2D eigenvalue weighted by Crippen LogP contribution is -2.55. The van der Waals surface area contributed by atoms with E-state index in [0.717, 1.165) is 25.6 Å². The third-order valence-electron chi connectivity index (χ3n) is 5.80. The highest BCUT2D eigenvalue weighted by molar-refractivity contribution is 7.85. The number of methoxy groups -OCH3 is 1. The highest BCUT2D eigenvalue weighted by Gasteiger charge is 2.47. The molecule has 0 aromatic heterocycles. The molecule has 0 spiro atoms. The molecule has 0 radical (unpaired) electrons. The van der Waals surface area contributed by atoms with Crippen LogP contribution in [0, 0.1) is 11.8 Å². The van der Waals surface area contributed by atoms with Gasteiger partial charge in [0.15, 0.2) is 11.5 Å². The molecular weight excluding hydrogens is 370 g/mol. The maximum Gasteiger partial charge on any atom is 0.290 e. The molecular formula is C19H25NO6S. The summed E-state index contributed by atoms with van der Waals surface area (Å²) in [5, 5.41) is 0. The summed E-state index contributed by atoms with van der Waals surface area (Å²) in [7, 11) is 0.0484. The van der Waals surface area contributed by atoms with Crippen LogP contribution in [0.3, 0.4) is 0 Å². The standard InChI is InChI=1S/C19H25NO6S/c1-20-9-8-14-13-5-7-17(25-26-27(3,21)22)19(14)24-18-11-12(10-15(13)20)4-6-16(18)23-2/h4-7,11,13-15,17,19H,8-10H2,1-3H3/t13-,14+,15-,17+,19-/m1/s1. The van der Waals surface area contributed by atoms with Crippen molar-refractivity contribution in [2.45, 2.75) is 31.1 Å². The van der Waals surface area contributed by atoms with E-state index in [2.05, 4.69) is 28.4 Å². The number of hydrogen-bond acceptors (Lipinski definition) is 7. The van der Waals surface area contributed by atoms with Gasteiger partial charge >= 0.3 is 0 Å². The van der Waals surface area contributed by atoms with Crippen molar-refractivity contribution in [3.8, 4) is 11.5 Å². The van der Waals surface area contributed by atoms with E-state index in [4.69, 9.17) is 14.4 Å². The van der Waals surface area contributed by atoms with Crippen molar-refractivity contribution < 1.29 is 27.1 Å². The first-order valence-corrected chi connectivity index (χ1v) is 10.9. The summed E-state index contributed by atoms with van der Waals surface area (Å²) in [5.74, 6) is 1.80. The molecule has 0 N–H and O–H groups in total. The van der Waals surface area contributed by atoms with Gasteiger partial charge in [-0.3, -0.25) is 0 Å². The Morgan fingerprint density at radius 1 is 1.26 bits per heavy atom. The van der Waals surface area contributed by atoms with Crippen LogP contribution in [0.5, 0.6) is 11.5 Å². The van der Waals surface area contributed by atoms with Gasteiger partial charge in [-0.1, -0.05) is 18.2 Å². The molecule has 148 valence electrons. The third kappa shape index (κ3) is 3.71. The molecule has 1 saturated heterocycles. The van der Waals surface area contributed by atoms with Gasteiger partial charge in [0, 0.05) is 12.0 Å².